The van der Waals surface area contributed by atoms with E-state index < -0.39 is 5.97 Å². The van der Waals surface area contributed by atoms with E-state index in [0.717, 1.165) is 38.7 Å². The van der Waals surface area contributed by atoms with Gasteiger partial charge in [-0.25, -0.2) is 4.98 Å². The number of rotatable bonds is 5. The van der Waals surface area contributed by atoms with E-state index in [-0.39, 0.29) is 12.7 Å². The van der Waals surface area contributed by atoms with E-state index in [9.17, 15) is 9.90 Å². The van der Waals surface area contributed by atoms with Crippen LogP contribution in [0.15, 0.2) is 48.5 Å². The van der Waals surface area contributed by atoms with Crippen LogP contribution in [0.3, 0.4) is 0 Å². The summed E-state index contributed by atoms with van der Waals surface area (Å²) >= 11 is 6.30. The van der Waals surface area contributed by atoms with Crippen molar-refractivity contribution in [3.05, 3.63) is 59.1 Å². The van der Waals surface area contributed by atoms with E-state index >= 15 is 0 Å². The predicted molar refractivity (Wildman–Crippen MR) is 135 cm³/mol. The van der Waals surface area contributed by atoms with Crippen molar-refractivity contribution in [2.75, 3.05) is 30.1 Å². The molecular formula is C26H23ClN4O4. The molecule has 0 saturated carbocycles. The van der Waals surface area contributed by atoms with Gasteiger partial charge in [-0.1, -0.05) is 35.9 Å². The van der Waals surface area contributed by atoms with E-state index in [1.807, 2.05) is 42.5 Å². The van der Waals surface area contributed by atoms with Crippen LogP contribution in [0, 0.1) is 5.92 Å². The van der Waals surface area contributed by atoms with Crippen molar-refractivity contribution in [2.45, 2.75) is 19.4 Å². The summed E-state index contributed by atoms with van der Waals surface area (Å²) < 4.78 is 11.4. The maximum absolute atomic E-state index is 11.4. The van der Waals surface area contributed by atoms with Gasteiger partial charge in [0.05, 0.1) is 11.4 Å². The summed E-state index contributed by atoms with van der Waals surface area (Å²) in [5.41, 5.74) is 1.83. The van der Waals surface area contributed by atoms with Gasteiger partial charge in [-0.05, 0) is 48.1 Å². The highest BCUT2D eigenvalue weighted by Crippen LogP contribution is 2.41. The first-order chi connectivity index (χ1) is 17.1. The molecule has 3 aromatic carbocycles. The number of ether oxygens (including phenoxy) is 2. The molecule has 2 aliphatic rings. The highest BCUT2D eigenvalue weighted by atomic mass is 35.5. The van der Waals surface area contributed by atoms with E-state index in [1.54, 1.807) is 0 Å². The van der Waals surface area contributed by atoms with Gasteiger partial charge in [0.2, 0.25) is 12.7 Å². The van der Waals surface area contributed by atoms with Gasteiger partial charge in [-0.3, -0.25) is 4.79 Å². The number of carboxylic acid groups (broad SMARTS) is 1. The van der Waals surface area contributed by atoms with Crippen molar-refractivity contribution < 1.29 is 19.4 Å². The molecule has 35 heavy (non-hydrogen) atoms. The number of hydrogen-bond donors (Lipinski definition) is 2. The van der Waals surface area contributed by atoms with E-state index in [4.69, 9.17) is 31.0 Å². The second-order valence-electron chi connectivity index (χ2n) is 8.80. The molecule has 178 valence electrons. The third-order valence-electron chi connectivity index (χ3n) is 6.68. The number of aliphatic carboxylic acids is 1. The molecule has 0 bridgehead atoms. The number of benzene rings is 3. The maximum Gasteiger partial charge on any atom is 0.306 e. The van der Waals surface area contributed by atoms with Crippen LogP contribution in [0.25, 0.3) is 21.7 Å². The van der Waals surface area contributed by atoms with Crippen molar-refractivity contribution in [3.8, 4) is 11.5 Å². The van der Waals surface area contributed by atoms with Gasteiger partial charge in [0.1, 0.15) is 5.82 Å². The molecule has 1 fully saturated rings. The number of fused-ring (bicyclic) bond motifs is 4. The zero-order valence-electron chi connectivity index (χ0n) is 18.8. The van der Waals surface area contributed by atoms with Crippen LogP contribution in [-0.4, -0.2) is 40.9 Å². The first kappa shape index (κ1) is 21.7. The number of nitrogens with zero attached hydrogens (tertiary/aromatic N) is 3. The molecule has 2 aliphatic heterocycles. The molecule has 4 aromatic rings. The molecule has 1 aromatic heterocycles. The lowest BCUT2D eigenvalue weighted by molar-refractivity contribution is -0.142. The zero-order chi connectivity index (χ0) is 23.9. The largest absolute Gasteiger partial charge is 0.481 e. The second-order valence-corrected chi connectivity index (χ2v) is 9.24. The number of piperidine rings is 1. The zero-order valence-corrected chi connectivity index (χ0v) is 19.6. The predicted octanol–water partition coefficient (Wildman–Crippen LogP) is 5.08. The van der Waals surface area contributed by atoms with Crippen LogP contribution in [0.1, 0.15) is 18.4 Å². The number of nitrogens with one attached hydrogen (secondary N) is 1. The van der Waals surface area contributed by atoms with Crippen LogP contribution in [0.4, 0.5) is 11.8 Å². The van der Waals surface area contributed by atoms with Crippen LogP contribution >= 0.6 is 11.6 Å². The Bertz CT molecular complexity index is 1450. The smallest absolute Gasteiger partial charge is 0.306 e. The summed E-state index contributed by atoms with van der Waals surface area (Å²) in [5.74, 6) is 1.71. The summed E-state index contributed by atoms with van der Waals surface area (Å²) in [6, 6.07) is 15.7. The lowest BCUT2D eigenvalue weighted by Gasteiger charge is -2.30. The number of anilines is 2. The Balaban J connectivity index is 1.35. The van der Waals surface area contributed by atoms with Gasteiger partial charge in [-0.2, -0.15) is 4.98 Å². The molecule has 0 radical (unpaired) electrons. The van der Waals surface area contributed by atoms with Gasteiger partial charge in [0.25, 0.3) is 0 Å². The number of halogens is 1. The highest BCUT2D eigenvalue weighted by Gasteiger charge is 2.26. The van der Waals surface area contributed by atoms with Gasteiger partial charge < -0.3 is 24.8 Å². The van der Waals surface area contributed by atoms with Crippen LogP contribution in [0.2, 0.25) is 5.02 Å². The Labute approximate surface area is 206 Å². The molecule has 1 saturated heterocycles. The minimum Gasteiger partial charge on any atom is -0.481 e. The molecule has 8 nitrogen and oxygen atoms in total. The molecule has 3 heterocycles. The first-order valence-electron chi connectivity index (χ1n) is 11.6. The fourth-order valence-electron chi connectivity index (χ4n) is 4.82. The maximum atomic E-state index is 11.4. The molecule has 0 aliphatic carbocycles. The van der Waals surface area contributed by atoms with E-state index in [1.165, 1.54) is 0 Å². The number of hydrogen-bond acceptors (Lipinski definition) is 7. The number of carbonyl (C=O) groups is 1. The average molecular weight is 491 g/mol. The van der Waals surface area contributed by atoms with E-state index in [0.29, 0.717) is 49.3 Å². The van der Waals surface area contributed by atoms with Crippen molar-refractivity contribution in [2.24, 2.45) is 5.92 Å². The minimum absolute atomic E-state index is 0.215. The molecular weight excluding hydrogens is 468 g/mol. The minimum atomic E-state index is -0.739. The van der Waals surface area contributed by atoms with Crippen molar-refractivity contribution in [1.29, 1.82) is 0 Å². The Morgan fingerprint density at radius 2 is 1.86 bits per heavy atom. The molecule has 6 rings (SSSR count). The molecule has 9 heteroatoms. The Kier molecular flexibility index (Phi) is 5.45. The van der Waals surface area contributed by atoms with Crippen LogP contribution in [-0.2, 0) is 11.3 Å². The van der Waals surface area contributed by atoms with E-state index in [2.05, 4.69) is 16.3 Å². The van der Waals surface area contributed by atoms with Crippen molar-refractivity contribution in [1.82, 2.24) is 9.97 Å². The van der Waals surface area contributed by atoms with Gasteiger partial charge in [0.15, 0.2) is 11.5 Å². The topological polar surface area (TPSA) is 96.8 Å². The summed E-state index contributed by atoms with van der Waals surface area (Å²) in [7, 11) is 0. The fraction of sp³-hybridized carbons (Fsp3) is 0.269. The van der Waals surface area contributed by atoms with Crippen molar-refractivity contribution in [3.63, 3.8) is 0 Å². The lowest BCUT2D eigenvalue weighted by atomic mass is 9.97. The molecule has 2 N–H and O–H groups in total. The quantitative estimate of drug-likeness (QED) is 0.400. The fourth-order valence-corrected chi connectivity index (χ4v) is 4.99. The van der Waals surface area contributed by atoms with Gasteiger partial charge in [0, 0.05) is 35.4 Å². The molecule has 0 spiro atoms. The molecule has 0 amide bonds. The van der Waals surface area contributed by atoms with Crippen LogP contribution < -0.4 is 19.7 Å². The second kappa shape index (κ2) is 8.78. The van der Waals surface area contributed by atoms with Gasteiger partial charge in [-0.15, -0.1) is 0 Å². The lowest BCUT2D eigenvalue weighted by Crippen LogP contribution is -2.37. The molecule has 0 atom stereocenters. The standard InChI is InChI=1S/C26H23ClN4O4/c27-17-5-6-21-20(12-17)24(30-26(29-21)31-9-7-15(8-10-31)25(32)33)28-13-16-11-22-23(35-14-34-22)19-4-2-1-3-18(16)19/h1-6,11-12,15H,7-10,13-14H2,(H,32,33)(H,28,29,30). The molecule has 0 unspecified atom stereocenters. The summed E-state index contributed by atoms with van der Waals surface area (Å²) in [6.45, 7) is 1.92. The third-order valence-corrected chi connectivity index (χ3v) is 6.92. The SMILES string of the molecule is O=C(O)C1CCN(c2nc(NCc3cc4c(c5ccccc35)OCO4)c3cc(Cl)ccc3n2)CC1. The monoisotopic (exact) mass is 490 g/mol. The normalized spacial score (nSPS) is 15.6. The summed E-state index contributed by atoms with van der Waals surface area (Å²) in [6.07, 6.45) is 1.15. The Morgan fingerprint density at radius 3 is 2.66 bits per heavy atom. The summed E-state index contributed by atoms with van der Waals surface area (Å²) in [4.78, 5) is 23.0. The number of carboxylic acids is 1. The Morgan fingerprint density at radius 1 is 1.06 bits per heavy atom. The first-order valence-corrected chi connectivity index (χ1v) is 11.9. The third kappa shape index (κ3) is 4.04. The number of aromatic nitrogens is 2. The Hall–Kier alpha value is -3.78. The van der Waals surface area contributed by atoms with Crippen LogP contribution in [0.5, 0.6) is 11.5 Å². The summed E-state index contributed by atoms with van der Waals surface area (Å²) in [5, 5.41) is 16.3. The van der Waals surface area contributed by atoms with Crippen molar-refractivity contribution >= 4 is 51.0 Å². The average Bonchev–Trinajstić information content (AvgIpc) is 3.36. The van der Waals surface area contributed by atoms with Gasteiger partial charge >= 0.3 is 5.97 Å². The highest BCUT2D eigenvalue weighted by molar-refractivity contribution is 6.31.